The van der Waals surface area contributed by atoms with E-state index in [2.05, 4.69) is 25.0 Å². The first kappa shape index (κ1) is 19.2. The number of benzene rings is 1. The lowest BCUT2D eigenvalue weighted by molar-refractivity contribution is 0.579. The van der Waals surface area contributed by atoms with Crippen molar-refractivity contribution in [2.75, 3.05) is 13.1 Å². The normalized spacial score (nSPS) is 11.9. The molecule has 0 saturated heterocycles. The molecule has 0 saturated carbocycles. The molecule has 0 unspecified atom stereocenters. The molecule has 0 bridgehead atoms. The summed E-state index contributed by atoms with van der Waals surface area (Å²) in [5, 5.41) is 8.75. The van der Waals surface area contributed by atoms with Crippen molar-refractivity contribution >= 4 is 21.1 Å². The second-order valence-electron chi connectivity index (χ2n) is 6.58. The summed E-state index contributed by atoms with van der Waals surface area (Å²) in [7, 11) is -3.54. The topological polar surface area (TPSA) is 132 Å². The Hall–Kier alpha value is -3.08. The van der Waals surface area contributed by atoms with Crippen molar-refractivity contribution in [2.24, 2.45) is 5.73 Å². The molecule has 0 amide bonds. The van der Waals surface area contributed by atoms with Crippen molar-refractivity contribution in [3.05, 3.63) is 60.7 Å². The van der Waals surface area contributed by atoms with Crippen LogP contribution in [-0.2, 0) is 16.6 Å². The number of aromatic amines is 1. The summed E-state index contributed by atoms with van der Waals surface area (Å²) in [6.07, 6.45) is 5.75. The van der Waals surface area contributed by atoms with Gasteiger partial charge in [-0.3, -0.25) is 0 Å². The number of nitrogens with zero attached hydrogens (tertiary/aromatic N) is 4. The highest BCUT2D eigenvalue weighted by atomic mass is 32.2. The second kappa shape index (κ2) is 8.11. The van der Waals surface area contributed by atoms with Crippen LogP contribution >= 0.6 is 0 Å². The number of nitrogens with one attached hydrogen (secondary N) is 2. The van der Waals surface area contributed by atoms with E-state index in [-0.39, 0.29) is 4.90 Å². The molecule has 3 heterocycles. The van der Waals surface area contributed by atoms with Gasteiger partial charge in [0.1, 0.15) is 5.65 Å². The van der Waals surface area contributed by atoms with Crippen molar-refractivity contribution in [2.45, 2.75) is 17.9 Å². The van der Waals surface area contributed by atoms with E-state index in [1.807, 2.05) is 12.1 Å². The lowest BCUT2D eigenvalue weighted by atomic mass is 10.0. The summed E-state index contributed by atoms with van der Waals surface area (Å²) in [5.41, 5.74) is 9.01. The molecule has 0 aliphatic rings. The lowest BCUT2D eigenvalue weighted by Gasteiger charge is -2.08. The van der Waals surface area contributed by atoms with Gasteiger partial charge in [0.25, 0.3) is 0 Å². The Kier molecular flexibility index (Phi) is 5.38. The maximum atomic E-state index is 12.3. The molecular weight excluding hydrogens is 390 g/mol. The fourth-order valence-corrected chi connectivity index (χ4v) is 4.19. The third-order valence-corrected chi connectivity index (χ3v) is 6.02. The number of sulfonamides is 1. The molecule has 1 aromatic carbocycles. The Morgan fingerprint density at radius 1 is 1.14 bits per heavy atom. The summed E-state index contributed by atoms with van der Waals surface area (Å²) < 4.78 is 29.0. The highest BCUT2D eigenvalue weighted by Gasteiger charge is 2.14. The van der Waals surface area contributed by atoms with Gasteiger partial charge in [0.15, 0.2) is 0 Å². The Morgan fingerprint density at radius 2 is 1.97 bits per heavy atom. The molecule has 0 aliphatic carbocycles. The molecule has 29 heavy (non-hydrogen) atoms. The first-order valence-corrected chi connectivity index (χ1v) is 10.7. The molecule has 0 fully saturated rings. The van der Waals surface area contributed by atoms with Crippen LogP contribution in [0.5, 0.6) is 0 Å². The van der Waals surface area contributed by atoms with Crippen LogP contribution in [0.4, 0.5) is 0 Å². The van der Waals surface area contributed by atoms with E-state index in [9.17, 15) is 8.42 Å². The summed E-state index contributed by atoms with van der Waals surface area (Å²) in [4.78, 5) is 7.92. The molecule has 3 aromatic heterocycles. The fourth-order valence-electron chi connectivity index (χ4n) is 3.12. The van der Waals surface area contributed by atoms with E-state index in [0.29, 0.717) is 26.1 Å². The Balaban J connectivity index is 1.62. The van der Waals surface area contributed by atoms with E-state index in [1.165, 1.54) is 0 Å². The standard InChI is InChI=1S/C19H21N7O2S/c20-7-1-8-23-29(27,28)16-4-2-14(3-5-16)17-6-9-21-19-18(17)12-15(24-19)13-26-11-10-22-25-26/h2-6,9-12,23H,1,7-8,13,20H2,(H,21,24). The van der Waals surface area contributed by atoms with Gasteiger partial charge in [0.2, 0.25) is 10.0 Å². The van der Waals surface area contributed by atoms with Crippen molar-refractivity contribution in [1.82, 2.24) is 29.7 Å². The van der Waals surface area contributed by atoms with Crippen molar-refractivity contribution in [3.8, 4) is 11.1 Å². The van der Waals surface area contributed by atoms with Crippen LogP contribution in [0, 0.1) is 0 Å². The predicted molar refractivity (Wildman–Crippen MR) is 110 cm³/mol. The number of pyridine rings is 1. The Morgan fingerprint density at radius 3 is 2.69 bits per heavy atom. The van der Waals surface area contributed by atoms with Gasteiger partial charge in [-0.1, -0.05) is 17.3 Å². The van der Waals surface area contributed by atoms with E-state index < -0.39 is 10.0 Å². The molecular formula is C19H21N7O2S. The highest BCUT2D eigenvalue weighted by Crippen LogP contribution is 2.29. The molecule has 4 rings (SSSR count). The number of H-pyrrole nitrogens is 1. The van der Waals surface area contributed by atoms with Crippen molar-refractivity contribution < 1.29 is 8.42 Å². The van der Waals surface area contributed by atoms with Gasteiger partial charge in [0.05, 0.1) is 17.6 Å². The Bertz CT molecular complexity index is 1200. The van der Waals surface area contributed by atoms with Crippen LogP contribution in [0.3, 0.4) is 0 Å². The molecule has 0 aliphatic heterocycles. The summed E-state index contributed by atoms with van der Waals surface area (Å²) in [5.74, 6) is 0. The van der Waals surface area contributed by atoms with E-state index in [0.717, 1.165) is 27.9 Å². The van der Waals surface area contributed by atoms with Gasteiger partial charge in [-0.15, -0.1) is 5.10 Å². The van der Waals surface area contributed by atoms with E-state index in [4.69, 9.17) is 5.73 Å². The van der Waals surface area contributed by atoms with Crippen molar-refractivity contribution in [3.63, 3.8) is 0 Å². The number of rotatable bonds is 8. The monoisotopic (exact) mass is 411 g/mol. The molecule has 4 N–H and O–H groups in total. The Labute approximate surface area is 168 Å². The predicted octanol–water partition coefficient (Wildman–Crippen LogP) is 1.50. The average Bonchev–Trinajstić information content (AvgIpc) is 3.37. The van der Waals surface area contributed by atoms with Gasteiger partial charge in [-0.05, 0) is 48.4 Å². The van der Waals surface area contributed by atoms with Crippen LogP contribution in [-0.4, -0.2) is 46.5 Å². The first-order chi connectivity index (χ1) is 14.1. The third-order valence-electron chi connectivity index (χ3n) is 4.54. The minimum absolute atomic E-state index is 0.226. The molecule has 150 valence electrons. The van der Waals surface area contributed by atoms with Crippen LogP contribution in [0.1, 0.15) is 12.1 Å². The molecule has 9 nitrogen and oxygen atoms in total. The van der Waals surface area contributed by atoms with Crippen LogP contribution in [0.25, 0.3) is 22.2 Å². The summed E-state index contributed by atoms with van der Waals surface area (Å²) in [6.45, 7) is 1.32. The number of hydrogen-bond donors (Lipinski definition) is 3. The zero-order valence-electron chi connectivity index (χ0n) is 15.6. The minimum Gasteiger partial charge on any atom is -0.342 e. The highest BCUT2D eigenvalue weighted by molar-refractivity contribution is 7.89. The average molecular weight is 411 g/mol. The van der Waals surface area contributed by atoms with Crippen LogP contribution in [0.15, 0.2) is 59.9 Å². The van der Waals surface area contributed by atoms with Crippen LogP contribution < -0.4 is 10.5 Å². The SMILES string of the molecule is NCCCNS(=O)(=O)c1ccc(-c2ccnc3[nH]c(Cn4ccnn4)cc23)cc1. The number of fused-ring (bicyclic) bond motifs is 1. The minimum atomic E-state index is -3.54. The van der Waals surface area contributed by atoms with Gasteiger partial charge in [0, 0.05) is 30.0 Å². The summed E-state index contributed by atoms with van der Waals surface area (Å²) in [6, 6.07) is 10.8. The molecule has 0 radical (unpaired) electrons. The molecule has 10 heteroatoms. The van der Waals surface area contributed by atoms with Gasteiger partial charge >= 0.3 is 0 Å². The van der Waals surface area contributed by atoms with Gasteiger partial charge in [-0.25, -0.2) is 22.8 Å². The zero-order chi connectivity index (χ0) is 20.3. The van der Waals surface area contributed by atoms with E-state index >= 15 is 0 Å². The smallest absolute Gasteiger partial charge is 0.240 e. The number of nitrogens with two attached hydrogens (primary N) is 1. The lowest BCUT2D eigenvalue weighted by Crippen LogP contribution is -2.26. The van der Waals surface area contributed by atoms with Crippen LogP contribution in [0.2, 0.25) is 0 Å². The fraction of sp³-hybridized carbons (Fsp3) is 0.211. The third kappa shape index (κ3) is 4.19. The second-order valence-corrected chi connectivity index (χ2v) is 8.35. The maximum Gasteiger partial charge on any atom is 0.240 e. The first-order valence-electron chi connectivity index (χ1n) is 9.18. The summed E-state index contributed by atoms with van der Waals surface area (Å²) >= 11 is 0. The van der Waals surface area contributed by atoms with Crippen molar-refractivity contribution in [1.29, 1.82) is 0 Å². The number of hydrogen-bond acceptors (Lipinski definition) is 6. The maximum absolute atomic E-state index is 12.3. The largest absolute Gasteiger partial charge is 0.342 e. The molecule has 0 atom stereocenters. The van der Waals surface area contributed by atoms with Gasteiger partial charge < -0.3 is 10.7 Å². The zero-order valence-corrected chi connectivity index (χ0v) is 16.4. The quantitative estimate of drug-likeness (QED) is 0.377. The van der Waals surface area contributed by atoms with E-state index in [1.54, 1.807) is 47.5 Å². The number of aromatic nitrogens is 5. The molecule has 4 aromatic rings. The van der Waals surface area contributed by atoms with Gasteiger partial charge in [-0.2, -0.15) is 0 Å². The molecule has 0 spiro atoms.